The number of benzene rings is 1. The number of halogens is 1. The molecule has 2 aliphatic rings. The monoisotopic (exact) mass is 332 g/mol. The van der Waals surface area contributed by atoms with E-state index in [1.807, 2.05) is 0 Å². The summed E-state index contributed by atoms with van der Waals surface area (Å²) >= 11 is 0. The SMILES string of the molecule is O=C(CC1(C(=O)NCc2ccccc2F)CCCCC1)NC1CC1. The molecule has 0 saturated heterocycles. The zero-order valence-electron chi connectivity index (χ0n) is 13.9. The zero-order valence-corrected chi connectivity index (χ0v) is 13.9. The standard InChI is InChI=1S/C19H25FN2O2/c20-16-7-3-2-6-14(16)13-21-18(24)19(10-4-1-5-11-19)12-17(23)22-15-8-9-15/h2-3,6-7,15H,1,4-5,8-13H2,(H,21,24)(H,22,23). The van der Waals surface area contributed by atoms with Gasteiger partial charge >= 0.3 is 0 Å². The van der Waals surface area contributed by atoms with E-state index in [1.165, 1.54) is 6.07 Å². The molecule has 0 heterocycles. The van der Waals surface area contributed by atoms with Crippen molar-refractivity contribution in [3.8, 4) is 0 Å². The molecule has 130 valence electrons. The van der Waals surface area contributed by atoms with E-state index in [4.69, 9.17) is 0 Å². The van der Waals surface area contributed by atoms with E-state index >= 15 is 0 Å². The van der Waals surface area contributed by atoms with Gasteiger partial charge < -0.3 is 10.6 Å². The Labute approximate surface area is 142 Å². The highest BCUT2D eigenvalue weighted by atomic mass is 19.1. The van der Waals surface area contributed by atoms with Crippen LogP contribution in [0.3, 0.4) is 0 Å². The fraction of sp³-hybridized carbons (Fsp3) is 0.579. The minimum atomic E-state index is -0.636. The summed E-state index contributed by atoms with van der Waals surface area (Å²) in [7, 11) is 0. The van der Waals surface area contributed by atoms with Crippen LogP contribution in [0.5, 0.6) is 0 Å². The maximum atomic E-state index is 13.7. The third kappa shape index (κ3) is 4.13. The van der Waals surface area contributed by atoms with Gasteiger partial charge in [-0.3, -0.25) is 9.59 Å². The Kier molecular flexibility index (Phi) is 5.17. The molecule has 0 atom stereocenters. The first-order chi connectivity index (χ1) is 11.6. The molecule has 2 amide bonds. The lowest BCUT2D eigenvalue weighted by atomic mass is 9.71. The zero-order chi connectivity index (χ0) is 17.0. The number of hydrogen-bond acceptors (Lipinski definition) is 2. The molecule has 5 heteroatoms. The quantitative estimate of drug-likeness (QED) is 0.841. The van der Waals surface area contributed by atoms with Crippen LogP contribution in [0.15, 0.2) is 24.3 Å². The Morgan fingerprint density at radius 1 is 1.12 bits per heavy atom. The minimum Gasteiger partial charge on any atom is -0.353 e. The molecule has 0 radical (unpaired) electrons. The molecular formula is C19H25FN2O2. The Morgan fingerprint density at radius 3 is 2.50 bits per heavy atom. The van der Waals surface area contributed by atoms with Crippen molar-refractivity contribution in [1.82, 2.24) is 10.6 Å². The van der Waals surface area contributed by atoms with Gasteiger partial charge in [-0.25, -0.2) is 4.39 Å². The normalized spacial score (nSPS) is 19.5. The van der Waals surface area contributed by atoms with Crippen molar-refractivity contribution < 1.29 is 14.0 Å². The van der Waals surface area contributed by atoms with E-state index in [0.29, 0.717) is 11.6 Å². The number of amides is 2. The first kappa shape index (κ1) is 16.9. The topological polar surface area (TPSA) is 58.2 Å². The van der Waals surface area contributed by atoms with Crippen LogP contribution < -0.4 is 10.6 Å². The van der Waals surface area contributed by atoms with Gasteiger partial charge in [-0.2, -0.15) is 0 Å². The van der Waals surface area contributed by atoms with E-state index in [1.54, 1.807) is 18.2 Å². The predicted molar refractivity (Wildman–Crippen MR) is 89.5 cm³/mol. The lowest BCUT2D eigenvalue weighted by Crippen LogP contribution is -2.45. The summed E-state index contributed by atoms with van der Waals surface area (Å²) in [6.45, 7) is 0.164. The third-order valence-corrected chi connectivity index (χ3v) is 5.13. The highest BCUT2D eigenvalue weighted by Gasteiger charge is 2.41. The molecular weight excluding hydrogens is 307 g/mol. The number of hydrogen-bond donors (Lipinski definition) is 2. The van der Waals surface area contributed by atoms with Crippen LogP contribution in [0, 0.1) is 11.2 Å². The predicted octanol–water partition coefficient (Wildman–Crippen LogP) is 3.06. The van der Waals surface area contributed by atoms with Crippen molar-refractivity contribution in [3.63, 3.8) is 0 Å². The molecule has 2 N–H and O–H groups in total. The van der Waals surface area contributed by atoms with Crippen molar-refractivity contribution in [2.75, 3.05) is 0 Å². The van der Waals surface area contributed by atoms with Gasteiger partial charge in [0, 0.05) is 24.6 Å². The van der Waals surface area contributed by atoms with E-state index in [2.05, 4.69) is 10.6 Å². The third-order valence-electron chi connectivity index (χ3n) is 5.13. The second kappa shape index (κ2) is 7.32. The van der Waals surface area contributed by atoms with Gasteiger partial charge in [0.15, 0.2) is 0 Å². The van der Waals surface area contributed by atoms with Gasteiger partial charge in [0.2, 0.25) is 11.8 Å². The Balaban J connectivity index is 1.64. The van der Waals surface area contributed by atoms with Gasteiger partial charge in [0.1, 0.15) is 5.82 Å². The fourth-order valence-corrected chi connectivity index (χ4v) is 3.53. The van der Waals surface area contributed by atoms with Gasteiger partial charge in [0.25, 0.3) is 0 Å². The van der Waals surface area contributed by atoms with Crippen LogP contribution in [0.2, 0.25) is 0 Å². The maximum Gasteiger partial charge on any atom is 0.227 e. The second-order valence-corrected chi connectivity index (χ2v) is 7.13. The fourth-order valence-electron chi connectivity index (χ4n) is 3.53. The highest BCUT2D eigenvalue weighted by molar-refractivity contribution is 5.89. The minimum absolute atomic E-state index is 0.0274. The van der Waals surface area contributed by atoms with Crippen LogP contribution in [-0.4, -0.2) is 17.9 Å². The van der Waals surface area contributed by atoms with E-state index in [-0.39, 0.29) is 30.6 Å². The van der Waals surface area contributed by atoms with Crippen LogP contribution in [-0.2, 0) is 16.1 Å². The van der Waals surface area contributed by atoms with Gasteiger partial charge in [0.05, 0.1) is 5.41 Å². The summed E-state index contributed by atoms with van der Waals surface area (Å²) in [5.74, 6) is -0.459. The van der Waals surface area contributed by atoms with E-state index in [9.17, 15) is 14.0 Å². The van der Waals surface area contributed by atoms with Gasteiger partial charge in [-0.1, -0.05) is 37.5 Å². The van der Waals surface area contributed by atoms with Crippen molar-refractivity contribution in [3.05, 3.63) is 35.6 Å². The largest absolute Gasteiger partial charge is 0.353 e. The average Bonchev–Trinajstić information content (AvgIpc) is 3.38. The molecule has 1 aromatic carbocycles. The number of carbonyl (C=O) groups excluding carboxylic acids is 2. The molecule has 2 saturated carbocycles. The molecule has 2 aliphatic carbocycles. The molecule has 0 aliphatic heterocycles. The Morgan fingerprint density at radius 2 is 1.83 bits per heavy atom. The van der Waals surface area contributed by atoms with Crippen LogP contribution in [0.4, 0.5) is 4.39 Å². The van der Waals surface area contributed by atoms with E-state index in [0.717, 1.165) is 44.9 Å². The first-order valence-electron chi connectivity index (χ1n) is 8.90. The lowest BCUT2D eigenvalue weighted by Gasteiger charge is -2.35. The summed E-state index contributed by atoms with van der Waals surface area (Å²) in [5, 5.41) is 5.85. The summed E-state index contributed by atoms with van der Waals surface area (Å²) in [6, 6.07) is 6.75. The van der Waals surface area contributed by atoms with Crippen molar-refractivity contribution in [2.45, 2.75) is 64.0 Å². The highest BCUT2D eigenvalue weighted by Crippen LogP contribution is 2.40. The van der Waals surface area contributed by atoms with Crippen molar-refractivity contribution in [2.24, 2.45) is 5.41 Å². The first-order valence-corrected chi connectivity index (χ1v) is 8.90. The molecule has 0 spiro atoms. The molecule has 24 heavy (non-hydrogen) atoms. The summed E-state index contributed by atoms with van der Waals surface area (Å²) in [4.78, 5) is 25.1. The number of nitrogens with one attached hydrogen (secondary N) is 2. The van der Waals surface area contributed by atoms with E-state index < -0.39 is 5.41 Å². The summed E-state index contributed by atoms with van der Waals surface area (Å²) in [5.41, 5.74) is -0.165. The summed E-state index contributed by atoms with van der Waals surface area (Å²) < 4.78 is 13.7. The van der Waals surface area contributed by atoms with Gasteiger partial charge in [-0.15, -0.1) is 0 Å². The molecule has 2 fully saturated rings. The maximum absolute atomic E-state index is 13.7. The molecule has 4 nitrogen and oxygen atoms in total. The molecule has 0 unspecified atom stereocenters. The average molecular weight is 332 g/mol. The Hall–Kier alpha value is -1.91. The van der Waals surface area contributed by atoms with Crippen molar-refractivity contribution in [1.29, 1.82) is 0 Å². The molecule has 0 aromatic heterocycles. The lowest BCUT2D eigenvalue weighted by molar-refractivity contribution is -0.138. The van der Waals surface area contributed by atoms with Gasteiger partial charge in [-0.05, 0) is 31.7 Å². The molecule has 0 bridgehead atoms. The van der Waals surface area contributed by atoms with Crippen LogP contribution in [0.1, 0.15) is 56.9 Å². The summed E-state index contributed by atoms with van der Waals surface area (Å²) in [6.07, 6.45) is 6.81. The van der Waals surface area contributed by atoms with Crippen LogP contribution in [0.25, 0.3) is 0 Å². The van der Waals surface area contributed by atoms with Crippen molar-refractivity contribution >= 4 is 11.8 Å². The number of carbonyl (C=O) groups is 2. The molecule has 3 rings (SSSR count). The second-order valence-electron chi connectivity index (χ2n) is 7.13. The number of rotatable bonds is 6. The van der Waals surface area contributed by atoms with Crippen LogP contribution >= 0.6 is 0 Å². The Bertz CT molecular complexity index is 607. The smallest absolute Gasteiger partial charge is 0.227 e. The molecule has 1 aromatic rings.